The smallest absolute Gasteiger partial charge is 0.238 e. The molecular formula is C15H22N4O3S2. The van der Waals surface area contributed by atoms with Crippen LogP contribution in [0, 0.1) is 0 Å². The lowest BCUT2D eigenvalue weighted by Crippen LogP contribution is -2.36. The molecule has 0 bridgehead atoms. The number of sulfonamides is 1. The highest BCUT2D eigenvalue weighted by atomic mass is 32.2. The van der Waals surface area contributed by atoms with Crippen molar-refractivity contribution in [2.75, 3.05) is 0 Å². The molecule has 0 saturated heterocycles. The fraction of sp³-hybridized carbons (Fsp3) is 0.467. The molecule has 0 aliphatic rings. The molecule has 24 heavy (non-hydrogen) atoms. The first kappa shape index (κ1) is 18.8. The minimum absolute atomic E-state index is 0.0258. The van der Waals surface area contributed by atoms with Crippen LogP contribution >= 0.6 is 11.8 Å². The lowest BCUT2D eigenvalue weighted by atomic mass is 10.3. The van der Waals surface area contributed by atoms with Gasteiger partial charge in [0.05, 0.1) is 21.2 Å². The number of hydrogen-bond donors (Lipinski definition) is 2. The number of hydrogen-bond acceptors (Lipinski definition) is 5. The van der Waals surface area contributed by atoms with Gasteiger partial charge in [0.15, 0.2) is 5.16 Å². The molecule has 0 fully saturated rings. The Kier molecular flexibility index (Phi) is 5.56. The Bertz CT molecular complexity index is 859. The van der Waals surface area contributed by atoms with Crippen LogP contribution in [-0.4, -0.2) is 35.2 Å². The van der Waals surface area contributed by atoms with Crippen LogP contribution in [0.15, 0.2) is 28.3 Å². The molecule has 132 valence electrons. The molecule has 7 nitrogen and oxygen atoms in total. The van der Waals surface area contributed by atoms with Gasteiger partial charge in [-0.15, -0.1) is 0 Å². The number of amides is 1. The number of aryl methyl sites for hydroxylation is 1. The lowest BCUT2D eigenvalue weighted by molar-refractivity contribution is -0.120. The van der Waals surface area contributed by atoms with Gasteiger partial charge in [0.25, 0.3) is 0 Å². The average molecular weight is 371 g/mol. The first-order valence-corrected chi connectivity index (χ1v) is 10.1. The Balaban J connectivity index is 2.38. The second kappa shape index (κ2) is 7.12. The predicted octanol–water partition coefficient (Wildman–Crippen LogP) is 1.71. The molecule has 0 aliphatic carbocycles. The summed E-state index contributed by atoms with van der Waals surface area (Å²) in [5.74, 6) is -0.0602. The molecular weight excluding hydrogens is 348 g/mol. The monoisotopic (exact) mass is 370 g/mol. The highest BCUT2D eigenvalue weighted by molar-refractivity contribution is 8.00. The SMILES string of the molecule is CCn1c(S[C@@H](C)C(=O)NC(C)C)nc2cc(S(N)(=O)=O)ccc21. The molecule has 2 rings (SSSR count). The van der Waals surface area contributed by atoms with E-state index in [1.165, 1.54) is 23.9 Å². The number of carbonyl (C=O) groups excluding carboxylic acids is 1. The third-order valence-corrected chi connectivity index (χ3v) is 5.41. The summed E-state index contributed by atoms with van der Waals surface area (Å²) in [7, 11) is -3.77. The quantitative estimate of drug-likeness (QED) is 0.753. The van der Waals surface area contributed by atoms with Gasteiger partial charge in [0.1, 0.15) is 0 Å². The minimum Gasteiger partial charge on any atom is -0.353 e. The minimum atomic E-state index is -3.77. The van der Waals surface area contributed by atoms with E-state index < -0.39 is 10.0 Å². The Labute approximate surface area is 146 Å². The fourth-order valence-corrected chi connectivity index (χ4v) is 3.80. The summed E-state index contributed by atoms with van der Waals surface area (Å²) in [5, 5.41) is 8.40. The van der Waals surface area contributed by atoms with E-state index in [-0.39, 0.29) is 22.1 Å². The van der Waals surface area contributed by atoms with Crippen molar-refractivity contribution in [3.05, 3.63) is 18.2 Å². The molecule has 1 aromatic carbocycles. The van der Waals surface area contributed by atoms with E-state index in [1.54, 1.807) is 6.07 Å². The van der Waals surface area contributed by atoms with Gasteiger partial charge < -0.3 is 9.88 Å². The van der Waals surface area contributed by atoms with Crippen LogP contribution in [0.3, 0.4) is 0 Å². The molecule has 1 heterocycles. The number of fused-ring (bicyclic) bond motifs is 1. The summed E-state index contributed by atoms with van der Waals surface area (Å²) in [6.45, 7) is 8.26. The summed E-state index contributed by atoms with van der Waals surface area (Å²) in [6.07, 6.45) is 0. The first-order chi connectivity index (χ1) is 11.1. The van der Waals surface area contributed by atoms with Gasteiger partial charge in [0, 0.05) is 12.6 Å². The standard InChI is InChI=1S/C15H22N4O3S2/c1-5-19-13-7-6-11(24(16,21)22)8-12(13)18-15(19)23-10(4)14(20)17-9(2)3/h6-10H,5H2,1-4H3,(H,17,20)(H2,16,21,22)/t10-/m0/s1. The maximum Gasteiger partial charge on any atom is 0.238 e. The molecule has 3 N–H and O–H groups in total. The molecule has 0 spiro atoms. The highest BCUT2D eigenvalue weighted by Gasteiger charge is 2.20. The third-order valence-electron chi connectivity index (χ3n) is 3.41. The van der Waals surface area contributed by atoms with Crippen LogP contribution < -0.4 is 10.5 Å². The van der Waals surface area contributed by atoms with Crippen molar-refractivity contribution >= 4 is 38.7 Å². The van der Waals surface area contributed by atoms with E-state index in [1.807, 2.05) is 32.3 Å². The number of nitrogens with one attached hydrogen (secondary N) is 1. The maximum absolute atomic E-state index is 12.1. The second-order valence-electron chi connectivity index (χ2n) is 5.76. The van der Waals surface area contributed by atoms with Crippen molar-refractivity contribution in [3.63, 3.8) is 0 Å². The highest BCUT2D eigenvalue weighted by Crippen LogP contribution is 2.28. The molecule has 0 radical (unpaired) electrons. The number of primary sulfonamides is 1. The Morgan fingerprint density at radius 2 is 2.04 bits per heavy atom. The maximum atomic E-state index is 12.1. The molecule has 1 atom stereocenters. The molecule has 1 aromatic heterocycles. The molecule has 0 aliphatic heterocycles. The van der Waals surface area contributed by atoms with Crippen LogP contribution in [0.5, 0.6) is 0 Å². The molecule has 0 saturated carbocycles. The summed E-state index contributed by atoms with van der Waals surface area (Å²) in [5.41, 5.74) is 1.35. The molecule has 2 aromatic rings. The number of aromatic nitrogens is 2. The number of carbonyl (C=O) groups is 1. The van der Waals surface area contributed by atoms with Crippen LogP contribution in [0.1, 0.15) is 27.7 Å². The third kappa shape index (κ3) is 4.08. The number of imidazole rings is 1. The van der Waals surface area contributed by atoms with E-state index in [0.717, 1.165) is 5.52 Å². The van der Waals surface area contributed by atoms with Gasteiger partial charge in [-0.3, -0.25) is 4.79 Å². The van der Waals surface area contributed by atoms with Gasteiger partial charge in [-0.25, -0.2) is 18.5 Å². The predicted molar refractivity (Wildman–Crippen MR) is 95.4 cm³/mol. The molecule has 1 amide bonds. The molecule has 0 unspecified atom stereocenters. The van der Waals surface area contributed by atoms with Gasteiger partial charge in [0.2, 0.25) is 15.9 Å². The largest absolute Gasteiger partial charge is 0.353 e. The topological polar surface area (TPSA) is 107 Å². The van der Waals surface area contributed by atoms with Crippen molar-refractivity contribution in [2.24, 2.45) is 5.14 Å². The van der Waals surface area contributed by atoms with Crippen molar-refractivity contribution in [1.82, 2.24) is 14.9 Å². The zero-order valence-corrected chi connectivity index (χ0v) is 15.7. The van der Waals surface area contributed by atoms with Crippen molar-refractivity contribution < 1.29 is 13.2 Å². The van der Waals surface area contributed by atoms with Crippen molar-refractivity contribution in [3.8, 4) is 0 Å². The van der Waals surface area contributed by atoms with Gasteiger partial charge in [-0.1, -0.05) is 11.8 Å². The van der Waals surface area contributed by atoms with E-state index in [2.05, 4.69) is 10.3 Å². The van der Waals surface area contributed by atoms with Crippen LogP contribution in [0.2, 0.25) is 0 Å². The van der Waals surface area contributed by atoms with Gasteiger partial charge >= 0.3 is 0 Å². The number of rotatable bonds is 6. The van der Waals surface area contributed by atoms with Gasteiger partial charge in [-0.2, -0.15) is 0 Å². The Morgan fingerprint density at radius 3 is 2.58 bits per heavy atom. The lowest BCUT2D eigenvalue weighted by Gasteiger charge is -2.14. The fourth-order valence-electron chi connectivity index (χ4n) is 2.27. The van der Waals surface area contributed by atoms with E-state index >= 15 is 0 Å². The Hall–Kier alpha value is -1.58. The summed E-state index contributed by atoms with van der Waals surface area (Å²) >= 11 is 1.34. The Morgan fingerprint density at radius 1 is 1.38 bits per heavy atom. The summed E-state index contributed by atoms with van der Waals surface area (Å²) in [4.78, 5) is 16.6. The van der Waals surface area contributed by atoms with Crippen LogP contribution in [0.4, 0.5) is 0 Å². The van der Waals surface area contributed by atoms with Crippen molar-refractivity contribution in [1.29, 1.82) is 0 Å². The second-order valence-corrected chi connectivity index (χ2v) is 8.63. The van der Waals surface area contributed by atoms with Crippen molar-refractivity contribution in [2.45, 2.75) is 55.6 Å². The van der Waals surface area contributed by atoms with Crippen LogP contribution in [0.25, 0.3) is 11.0 Å². The zero-order valence-electron chi connectivity index (χ0n) is 14.1. The summed E-state index contributed by atoms with van der Waals surface area (Å²) < 4.78 is 24.9. The normalized spacial score (nSPS) is 13.4. The van der Waals surface area contributed by atoms with Gasteiger partial charge in [-0.05, 0) is 45.9 Å². The van der Waals surface area contributed by atoms with Crippen LogP contribution in [-0.2, 0) is 21.4 Å². The molecule has 9 heteroatoms. The summed E-state index contributed by atoms with van der Waals surface area (Å²) in [6, 6.07) is 4.69. The average Bonchev–Trinajstić information content (AvgIpc) is 2.81. The van der Waals surface area contributed by atoms with E-state index in [9.17, 15) is 13.2 Å². The number of benzene rings is 1. The number of thioether (sulfide) groups is 1. The number of nitrogens with zero attached hydrogens (tertiary/aromatic N) is 2. The van der Waals surface area contributed by atoms with E-state index in [4.69, 9.17) is 5.14 Å². The zero-order chi connectivity index (χ0) is 18.1. The van der Waals surface area contributed by atoms with E-state index in [0.29, 0.717) is 17.2 Å². The number of nitrogens with two attached hydrogens (primary N) is 1. The first-order valence-electron chi connectivity index (χ1n) is 7.63.